The Morgan fingerprint density at radius 2 is 2.18 bits per heavy atom. The van der Waals surface area contributed by atoms with Crippen LogP contribution < -0.4 is 5.32 Å². The average Bonchev–Trinajstić information content (AvgIpc) is 2.28. The summed E-state index contributed by atoms with van der Waals surface area (Å²) in [6.07, 6.45) is 0.907. The maximum Gasteiger partial charge on any atom is 0.220 e. The van der Waals surface area contributed by atoms with Crippen molar-refractivity contribution in [2.45, 2.75) is 25.8 Å². The van der Waals surface area contributed by atoms with Crippen LogP contribution in [0.15, 0.2) is 24.3 Å². The average molecular weight is 237 g/mol. The number of methoxy groups -OCH3 is 1. The highest BCUT2D eigenvalue weighted by Gasteiger charge is 2.08. The van der Waals surface area contributed by atoms with E-state index in [1.165, 1.54) is 0 Å². The van der Waals surface area contributed by atoms with Crippen molar-refractivity contribution in [3.05, 3.63) is 29.8 Å². The highest BCUT2D eigenvalue weighted by atomic mass is 16.5. The third kappa shape index (κ3) is 4.87. The van der Waals surface area contributed by atoms with Crippen molar-refractivity contribution in [2.24, 2.45) is 0 Å². The molecule has 0 fully saturated rings. The lowest BCUT2D eigenvalue weighted by Gasteiger charge is -2.12. The van der Waals surface area contributed by atoms with Gasteiger partial charge in [0, 0.05) is 19.6 Å². The molecule has 0 bridgehead atoms. The molecule has 0 saturated heterocycles. The highest BCUT2D eigenvalue weighted by Crippen LogP contribution is 2.16. The summed E-state index contributed by atoms with van der Waals surface area (Å²) in [5, 5.41) is 12.4. The predicted octanol–water partition coefficient (Wildman–Crippen LogP) is 1.48. The molecule has 0 aliphatic heterocycles. The van der Waals surface area contributed by atoms with Gasteiger partial charge >= 0.3 is 0 Å². The van der Waals surface area contributed by atoms with E-state index in [2.05, 4.69) is 5.32 Å². The third-order valence-electron chi connectivity index (χ3n) is 2.44. The van der Waals surface area contributed by atoms with Gasteiger partial charge in [-0.1, -0.05) is 18.2 Å². The van der Waals surface area contributed by atoms with E-state index in [0.29, 0.717) is 19.4 Å². The standard InChI is InChI=1S/C13H19NO3/c1-10(9-17-2)14-13(16)8-7-11-5-3-4-6-12(11)15/h3-6,10,15H,7-9H2,1-2H3,(H,14,16). The van der Waals surface area contributed by atoms with Crippen LogP contribution in [0.2, 0.25) is 0 Å². The molecule has 4 nitrogen and oxygen atoms in total. The molecular formula is C13H19NO3. The molecule has 1 amide bonds. The van der Waals surface area contributed by atoms with Gasteiger partial charge in [-0.15, -0.1) is 0 Å². The Labute approximate surface area is 102 Å². The first kappa shape index (κ1) is 13.5. The molecule has 0 saturated carbocycles. The van der Waals surface area contributed by atoms with Crippen molar-refractivity contribution in [2.75, 3.05) is 13.7 Å². The predicted molar refractivity (Wildman–Crippen MR) is 65.9 cm³/mol. The van der Waals surface area contributed by atoms with E-state index in [9.17, 15) is 9.90 Å². The number of amides is 1. The molecule has 4 heteroatoms. The molecule has 17 heavy (non-hydrogen) atoms. The van der Waals surface area contributed by atoms with Crippen LogP contribution in [0.3, 0.4) is 0 Å². The number of para-hydroxylation sites is 1. The molecule has 1 unspecified atom stereocenters. The van der Waals surface area contributed by atoms with Crippen molar-refractivity contribution in [3.63, 3.8) is 0 Å². The molecule has 0 radical (unpaired) electrons. The molecule has 0 heterocycles. The molecule has 0 spiro atoms. The Hall–Kier alpha value is -1.55. The topological polar surface area (TPSA) is 58.6 Å². The van der Waals surface area contributed by atoms with Gasteiger partial charge in [0.2, 0.25) is 5.91 Å². The van der Waals surface area contributed by atoms with Crippen LogP contribution in [0.4, 0.5) is 0 Å². The summed E-state index contributed by atoms with van der Waals surface area (Å²) < 4.78 is 4.93. The highest BCUT2D eigenvalue weighted by molar-refractivity contribution is 5.76. The van der Waals surface area contributed by atoms with Crippen molar-refractivity contribution >= 4 is 5.91 Å². The Bertz CT molecular complexity index is 365. The van der Waals surface area contributed by atoms with E-state index in [-0.39, 0.29) is 17.7 Å². The van der Waals surface area contributed by atoms with Crippen LogP contribution in [0, 0.1) is 0 Å². The summed E-state index contributed by atoms with van der Waals surface area (Å²) in [4.78, 5) is 11.6. The molecule has 1 atom stereocenters. The first-order chi connectivity index (χ1) is 8.13. The SMILES string of the molecule is COCC(C)NC(=O)CCc1ccccc1O. The Morgan fingerprint density at radius 1 is 1.47 bits per heavy atom. The molecule has 1 aromatic carbocycles. The summed E-state index contributed by atoms with van der Waals surface area (Å²) in [5.74, 6) is 0.211. The molecule has 1 aromatic rings. The van der Waals surface area contributed by atoms with E-state index in [1.54, 1.807) is 19.2 Å². The van der Waals surface area contributed by atoms with Crippen molar-refractivity contribution in [1.82, 2.24) is 5.32 Å². The van der Waals surface area contributed by atoms with Crippen LogP contribution in [-0.4, -0.2) is 30.8 Å². The number of carbonyl (C=O) groups excluding carboxylic acids is 1. The number of ether oxygens (including phenoxy) is 1. The zero-order chi connectivity index (χ0) is 12.7. The lowest BCUT2D eigenvalue weighted by molar-refractivity contribution is -0.122. The first-order valence-corrected chi connectivity index (χ1v) is 5.68. The van der Waals surface area contributed by atoms with Crippen molar-refractivity contribution < 1.29 is 14.6 Å². The molecular weight excluding hydrogens is 218 g/mol. The van der Waals surface area contributed by atoms with Crippen molar-refractivity contribution in [1.29, 1.82) is 0 Å². The molecule has 2 N–H and O–H groups in total. The van der Waals surface area contributed by atoms with Crippen LogP contribution >= 0.6 is 0 Å². The number of aryl methyl sites for hydroxylation is 1. The number of phenols is 1. The summed E-state index contributed by atoms with van der Waals surface area (Å²) in [5.41, 5.74) is 0.794. The Kier molecular flexibility index (Phi) is 5.49. The van der Waals surface area contributed by atoms with Gasteiger partial charge in [0.15, 0.2) is 0 Å². The van der Waals surface area contributed by atoms with E-state index in [1.807, 2.05) is 19.1 Å². The first-order valence-electron chi connectivity index (χ1n) is 5.68. The lowest BCUT2D eigenvalue weighted by atomic mass is 10.1. The fourth-order valence-corrected chi connectivity index (χ4v) is 1.61. The number of hydrogen-bond donors (Lipinski definition) is 2. The summed E-state index contributed by atoms with van der Waals surface area (Å²) in [6, 6.07) is 7.07. The number of benzene rings is 1. The minimum atomic E-state index is -0.0298. The van der Waals surface area contributed by atoms with Crippen LogP contribution in [-0.2, 0) is 16.0 Å². The van der Waals surface area contributed by atoms with Gasteiger partial charge in [-0.3, -0.25) is 4.79 Å². The van der Waals surface area contributed by atoms with Crippen LogP contribution in [0.1, 0.15) is 18.9 Å². The molecule has 0 aromatic heterocycles. The fraction of sp³-hybridized carbons (Fsp3) is 0.462. The van der Waals surface area contributed by atoms with E-state index in [0.717, 1.165) is 5.56 Å². The Balaban J connectivity index is 2.36. The van der Waals surface area contributed by atoms with Gasteiger partial charge < -0.3 is 15.2 Å². The molecule has 0 aliphatic rings. The monoisotopic (exact) mass is 237 g/mol. The maximum atomic E-state index is 11.6. The van der Waals surface area contributed by atoms with Gasteiger partial charge in [-0.2, -0.15) is 0 Å². The van der Waals surface area contributed by atoms with Crippen LogP contribution in [0.5, 0.6) is 5.75 Å². The van der Waals surface area contributed by atoms with Gasteiger partial charge in [-0.05, 0) is 25.0 Å². The minimum Gasteiger partial charge on any atom is -0.508 e. The number of carbonyl (C=O) groups is 1. The quantitative estimate of drug-likeness (QED) is 0.787. The van der Waals surface area contributed by atoms with E-state index in [4.69, 9.17) is 4.74 Å². The summed E-state index contributed by atoms with van der Waals surface area (Å²) in [6.45, 7) is 2.39. The Morgan fingerprint density at radius 3 is 2.82 bits per heavy atom. The van der Waals surface area contributed by atoms with Crippen LogP contribution in [0.25, 0.3) is 0 Å². The van der Waals surface area contributed by atoms with Crippen molar-refractivity contribution in [3.8, 4) is 5.75 Å². The fourth-order valence-electron chi connectivity index (χ4n) is 1.61. The third-order valence-corrected chi connectivity index (χ3v) is 2.44. The number of nitrogens with one attached hydrogen (secondary N) is 1. The maximum absolute atomic E-state index is 11.6. The lowest BCUT2D eigenvalue weighted by Crippen LogP contribution is -2.35. The van der Waals surface area contributed by atoms with E-state index < -0.39 is 0 Å². The van der Waals surface area contributed by atoms with Gasteiger partial charge in [0.25, 0.3) is 0 Å². The number of aromatic hydroxyl groups is 1. The zero-order valence-electron chi connectivity index (χ0n) is 10.3. The summed E-state index contributed by atoms with van der Waals surface area (Å²) >= 11 is 0. The molecule has 1 rings (SSSR count). The minimum absolute atomic E-state index is 0.0110. The number of hydrogen-bond acceptors (Lipinski definition) is 3. The zero-order valence-corrected chi connectivity index (χ0v) is 10.3. The van der Waals surface area contributed by atoms with E-state index >= 15 is 0 Å². The second kappa shape index (κ2) is 6.91. The summed E-state index contributed by atoms with van der Waals surface area (Å²) in [7, 11) is 1.60. The second-order valence-electron chi connectivity index (χ2n) is 4.05. The molecule has 94 valence electrons. The number of rotatable bonds is 6. The normalized spacial score (nSPS) is 12.1. The second-order valence-corrected chi connectivity index (χ2v) is 4.05. The van der Waals surface area contributed by atoms with Gasteiger partial charge in [0.05, 0.1) is 6.61 Å². The number of phenolic OH excluding ortho intramolecular Hbond substituents is 1. The van der Waals surface area contributed by atoms with Gasteiger partial charge in [0.1, 0.15) is 5.75 Å². The van der Waals surface area contributed by atoms with Gasteiger partial charge in [-0.25, -0.2) is 0 Å². The smallest absolute Gasteiger partial charge is 0.220 e. The molecule has 0 aliphatic carbocycles. The largest absolute Gasteiger partial charge is 0.508 e.